The fourth-order valence-electron chi connectivity index (χ4n) is 4.13. The van der Waals surface area contributed by atoms with Crippen LogP contribution in [0.3, 0.4) is 0 Å². The molecule has 1 saturated carbocycles. The topological polar surface area (TPSA) is 75.7 Å². The average Bonchev–Trinajstić information content (AvgIpc) is 2.74. The van der Waals surface area contributed by atoms with Crippen LogP contribution in [0.25, 0.3) is 0 Å². The van der Waals surface area contributed by atoms with Gasteiger partial charge in [0.2, 0.25) is 0 Å². The molecule has 2 fully saturated rings. The van der Waals surface area contributed by atoms with Crippen LogP contribution < -0.4 is 5.32 Å². The van der Waals surface area contributed by atoms with Crippen molar-refractivity contribution in [1.82, 2.24) is 10.2 Å². The lowest BCUT2D eigenvalue weighted by molar-refractivity contribution is -0.154. The van der Waals surface area contributed by atoms with Gasteiger partial charge < -0.3 is 15.0 Å². The monoisotopic (exact) mass is 404 g/mol. The number of amides is 2. The molecule has 0 aromatic heterocycles. The maximum Gasteiger partial charge on any atom is 0.309 e. The third kappa shape index (κ3) is 5.78. The highest BCUT2D eigenvalue weighted by atomic mass is 19.1. The smallest absolute Gasteiger partial charge is 0.309 e. The molecular formula is C22H29FN2O4. The van der Waals surface area contributed by atoms with E-state index in [1.807, 2.05) is 0 Å². The second-order valence-electron chi connectivity index (χ2n) is 8.12. The van der Waals surface area contributed by atoms with Crippen molar-refractivity contribution in [1.29, 1.82) is 0 Å². The highest BCUT2D eigenvalue weighted by Gasteiger charge is 2.29. The van der Waals surface area contributed by atoms with Crippen LogP contribution in [0.15, 0.2) is 24.3 Å². The predicted octanol–water partition coefficient (Wildman–Crippen LogP) is 2.92. The Morgan fingerprint density at radius 1 is 1.07 bits per heavy atom. The average molecular weight is 404 g/mol. The van der Waals surface area contributed by atoms with E-state index in [2.05, 4.69) is 12.2 Å². The normalized spacial score (nSPS) is 22.8. The second-order valence-corrected chi connectivity index (χ2v) is 8.12. The molecule has 29 heavy (non-hydrogen) atoms. The molecule has 1 aromatic carbocycles. The number of likely N-dealkylation sites (tertiary alicyclic amines) is 1. The van der Waals surface area contributed by atoms with Crippen molar-refractivity contribution >= 4 is 17.8 Å². The van der Waals surface area contributed by atoms with Gasteiger partial charge in [-0.2, -0.15) is 0 Å². The number of carbonyl (C=O) groups excluding carboxylic acids is 3. The zero-order chi connectivity index (χ0) is 20.8. The van der Waals surface area contributed by atoms with Gasteiger partial charge in [0.05, 0.1) is 5.92 Å². The summed E-state index contributed by atoms with van der Waals surface area (Å²) in [5.74, 6) is -1.05. The number of halogens is 1. The van der Waals surface area contributed by atoms with Crippen molar-refractivity contribution in [3.05, 3.63) is 35.6 Å². The summed E-state index contributed by atoms with van der Waals surface area (Å²) < 4.78 is 18.2. The number of carbonyl (C=O) groups is 3. The summed E-state index contributed by atoms with van der Waals surface area (Å²) in [6.45, 7) is 2.75. The number of nitrogens with zero attached hydrogens (tertiary/aromatic N) is 1. The Morgan fingerprint density at radius 3 is 2.38 bits per heavy atom. The van der Waals surface area contributed by atoms with Crippen LogP contribution in [0.2, 0.25) is 0 Å². The van der Waals surface area contributed by atoms with E-state index in [1.165, 1.54) is 30.7 Å². The summed E-state index contributed by atoms with van der Waals surface area (Å²) in [6.07, 6.45) is 5.39. The summed E-state index contributed by atoms with van der Waals surface area (Å²) in [4.78, 5) is 38.5. The molecule has 1 aromatic rings. The van der Waals surface area contributed by atoms with Gasteiger partial charge >= 0.3 is 5.97 Å². The van der Waals surface area contributed by atoms with Crippen LogP contribution >= 0.6 is 0 Å². The molecule has 1 heterocycles. The van der Waals surface area contributed by atoms with Gasteiger partial charge in [0.1, 0.15) is 5.82 Å². The number of rotatable bonds is 5. The first kappa shape index (κ1) is 21.3. The largest absolute Gasteiger partial charge is 0.455 e. The first-order valence-electron chi connectivity index (χ1n) is 10.4. The van der Waals surface area contributed by atoms with E-state index >= 15 is 0 Å². The Labute approximate surface area is 170 Å². The Hall–Kier alpha value is -2.44. The first-order valence-corrected chi connectivity index (χ1v) is 10.4. The van der Waals surface area contributed by atoms with Crippen molar-refractivity contribution in [3.8, 4) is 0 Å². The maximum atomic E-state index is 13.0. The zero-order valence-corrected chi connectivity index (χ0v) is 16.9. The van der Waals surface area contributed by atoms with Crippen LogP contribution in [-0.2, 0) is 14.3 Å². The predicted molar refractivity (Wildman–Crippen MR) is 106 cm³/mol. The number of esters is 1. The lowest BCUT2D eigenvalue weighted by Crippen LogP contribution is -2.44. The van der Waals surface area contributed by atoms with Gasteiger partial charge in [0.15, 0.2) is 6.61 Å². The van der Waals surface area contributed by atoms with Gasteiger partial charge in [-0.3, -0.25) is 14.4 Å². The van der Waals surface area contributed by atoms with Crippen molar-refractivity contribution in [3.63, 3.8) is 0 Å². The van der Waals surface area contributed by atoms with Gasteiger partial charge in [0.25, 0.3) is 11.8 Å². The van der Waals surface area contributed by atoms with E-state index in [-0.39, 0.29) is 42.2 Å². The Kier molecular flexibility index (Phi) is 7.23. The van der Waals surface area contributed by atoms with Gasteiger partial charge in [-0.25, -0.2) is 4.39 Å². The number of nitrogens with one attached hydrogen (secondary N) is 1. The molecule has 7 heteroatoms. The second kappa shape index (κ2) is 9.85. The molecule has 2 atom stereocenters. The molecule has 0 unspecified atom stereocenters. The number of piperidine rings is 1. The molecule has 0 radical (unpaired) electrons. The lowest BCUT2D eigenvalue weighted by atomic mass is 9.86. The molecule has 1 saturated heterocycles. The van der Waals surface area contributed by atoms with Gasteiger partial charge in [0, 0.05) is 24.7 Å². The van der Waals surface area contributed by atoms with Crippen LogP contribution in [0, 0.1) is 17.7 Å². The van der Waals surface area contributed by atoms with E-state index in [0.717, 1.165) is 19.3 Å². The molecule has 3 rings (SSSR count). The van der Waals surface area contributed by atoms with E-state index in [4.69, 9.17) is 4.74 Å². The van der Waals surface area contributed by atoms with Gasteiger partial charge in [-0.1, -0.05) is 19.8 Å². The number of benzene rings is 1. The van der Waals surface area contributed by atoms with Crippen molar-refractivity contribution < 1.29 is 23.5 Å². The Balaban J connectivity index is 1.40. The minimum Gasteiger partial charge on any atom is -0.455 e. The first-order chi connectivity index (χ1) is 13.9. The molecule has 0 spiro atoms. The fourth-order valence-corrected chi connectivity index (χ4v) is 4.13. The molecule has 2 aliphatic rings. The van der Waals surface area contributed by atoms with E-state index in [9.17, 15) is 18.8 Å². The summed E-state index contributed by atoms with van der Waals surface area (Å²) in [5, 5.41) is 2.98. The van der Waals surface area contributed by atoms with Crippen molar-refractivity contribution in [2.24, 2.45) is 11.8 Å². The highest BCUT2D eigenvalue weighted by Crippen LogP contribution is 2.24. The number of ether oxygens (including phenoxy) is 1. The molecule has 1 aliphatic carbocycles. The third-order valence-electron chi connectivity index (χ3n) is 6.01. The minimum absolute atomic E-state index is 0.163. The number of hydrogen-bond donors (Lipinski definition) is 1. The fraction of sp³-hybridized carbons (Fsp3) is 0.591. The molecule has 6 nitrogen and oxygen atoms in total. The number of hydrogen-bond acceptors (Lipinski definition) is 4. The third-order valence-corrected chi connectivity index (χ3v) is 6.01. The van der Waals surface area contributed by atoms with Crippen LogP contribution in [0.4, 0.5) is 4.39 Å². The van der Waals surface area contributed by atoms with Gasteiger partial charge in [-0.15, -0.1) is 0 Å². The van der Waals surface area contributed by atoms with Crippen molar-refractivity contribution in [2.45, 2.75) is 51.5 Å². The van der Waals surface area contributed by atoms with Crippen LogP contribution in [0.5, 0.6) is 0 Å². The van der Waals surface area contributed by atoms with Crippen LogP contribution in [-0.4, -0.2) is 48.4 Å². The summed E-state index contributed by atoms with van der Waals surface area (Å²) >= 11 is 0. The van der Waals surface area contributed by atoms with E-state index in [0.29, 0.717) is 37.4 Å². The minimum atomic E-state index is -0.384. The Bertz CT molecular complexity index is 729. The zero-order valence-electron chi connectivity index (χ0n) is 16.9. The summed E-state index contributed by atoms with van der Waals surface area (Å²) in [6, 6.07) is 5.61. The van der Waals surface area contributed by atoms with E-state index < -0.39 is 0 Å². The Morgan fingerprint density at radius 2 is 1.72 bits per heavy atom. The summed E-state index contributed by atoms with van der Waals surface area (Å²) in [5.41, 5.74) is 0.432. The molecule has 1 N–H and O–H groups in total. The van der Waals surface area contributed by atoms with E-state index in [1.54, 1.807) is 4.90 Å². The van der Waals surface area contributed by atoms with Crippen molar-refractivity contribution in [2.75, 3.05) is 19.7 Å². The maximum absolute atomic E-state index is 13.0. The highest BCUT2D eigenvalue weighted by molar-refractivity contribution is 5.94. The molecule has 158 valence electrons. The quantitative estimate of drug-likeness (QED) is 0.766. The summed E-state index contributed by atoms with van der Waals surface area (Å²) in [7, 11) is 0. The molecule has 0 bridgehead atoms. The van der Waals surface area contributed by atoms with Gasteiger partial charge in [-0.05, 0) is 55.9 Å². The molecular weight excluding hydrogens is 375 g/mol. The lowest BCUT2D eigenvalue weighted by Gasteiger charge is -2.31. The van der Waals surface area contributed by atoms with Crippen LogP contribution in [0.1, 0.15) is 55.8 Å². The SMILES string of the molecule is C[C@H]1CCCC[C@@H]1NC(=O)COC(=O)C1CCN(C(=O)c2ccc(F)cc2)CC1. The molecule has 2 amide bonds. The molecule has 1 aliphatic heterocycles. The standard InChI is InChI=1S/C22H29FN2O4/c1-15-4-2-3-5-19(15)24-20(26)14-29-22(28)17-10-12-25(13-11-17)21(27)16-6-8-18(23)9-7-16/h6-9,15,17,19H,2-5,10-14H2,1H3,(H,24,26)/t15-,19-/m0/s1.